The van der Waals surface area contributed by atoms with Crippen LogP contribution in [0.3, 0.4) is 0 Å². The Labute approximate surface area is 97.6 Å². The summed E-state index contributed by atoms with van der Waals surface area (Å²) in [5.41, 5.74) is -1.53. The van der Waals surface area contributed by atoms with E-state index in [0.29, 0.717) is 0 Å². The van der Waals surface area contributed by atoms with E-state index in [2.05, 4.69) is 4.74 Å². The van der Waals surface area contributed by atoms with Gasteiger partial charge in [-0.15, -0.1) is 11.8 Å². The van der Waals surface area contributed by atoms with E-state index in [9.17, 15) is 14.3 Å². The highest BCUT2D eigenvalue weighted by Gasteiger charge is 2.31. The van der Waals surface area contributed by atoms with Crippen LogP contribution in [0.15, 0.2) is 29.2 Å². The minimum Gasteiger partial charge on any atom is -0.467 e. The van der Waals surface area contributed by atoms with Gasteiger partial charge in [-0.1, -0.05) is 0 Å². The van der Waals surface area contributed by atoms with Gasteiger partial charge in [-0.3, -0.25) is 0 Å². The lowest BCUT2D eigenvalue weighted by Gasteiger charge is -2.19. The number of halogens is 1. The van der Waals surface area contributed by atoms with E-state index in [4.69, 9.17) is 0 Å². The van der Waals surface area contributed by atoms with Crippen molar-refractivity contribution in [2.45, 2.75) is 17.4 Å². The van der Waals surface area contributed by atoms with Gasteiger partial charge in [0.05, 0.1) is 7.11 Å². The third kappa shape index (κ3) is 3.50. The minimum absolute atomic E-state index is 0.158. The van der Waals surface area contributed by atoms with Gasteiger partial charge in [0.25, 0.3) is 0 Å². The van der Waals surface area contributed by atoms with Gasteiger partial charge in [0.1, 0.15) is 5.82 Å². The van der Waals surface area contributed by atoms with Crippen molar-refractivity contribution in [2.24, 2.45) is 0 Å². The van der Waals surface area contributed by atoms with Gasteiger partial charge in [0, 0.05) is 10.6 Å². The molecule has 0 saturated carbocycles. The zero-order chi connectivity index (χ0) is 12.2. The smallest absolute Gasteiger partial charge is 0.338 e. The second-order valence-corrected chi connectivity index (χ2v) is 4.56. The molecule has 0 fully saturated rings. The first-order valence-corrected chi connectivity index (χ1v) is 5.63. The van der Waals surface area contributed by atoms with Crippen molar-refractivity contribution in [1.29, 1.82) is 0 Å². The molecular formula is C11H13FO3S. The fourth-order valence-corrected chi connectivity index (χ4v) is 1.93. The third-order valence-electron chi connectivity index (χ3n) is 1.96. The Bertz CT molecular complexity index is 362. The molecule has 0 aliphatic heterocycles. The highest BCUT2D eigenvalue weighted by Crippen LogP contribution is 2.23. The van der Waals surface area contributed by atoms with E-state index < -0.39 is 11.6 Å². The lowest BCUT2D eigenvalue weighted by Crippen LogP contribution is -2.38. The number of carbonyl (C=O) groups excluding carboxylic acids is 1. The highest BCUT2D eigenvalue weighted by molar-refractivity contribution is 7.99. The number of carbonyl (C=O) groups is 1. The average Bonchev–Trinajstić information content (AvgIpc) is 2.27. The van der Waals surface area contributed by atoms with E-state index in [1.807, 2.05) is 0 Å². The van der Waals surface area contributed by atoms with Crippen LogP contribution in [0.25, 0.3) is 0 Å². The summed E-state index contributed by atoms with van der Waals surface area (Å²) in [4.78, 5) is 11.9. The molecule has 0 saturated heterocycles. The zero-order valence-electron chi connectivity index (χ0n) is 9.07. The van der Waals surface area contributed by atoms with Crippen LogP contribution in [0.2, 0.25) is 0 Å². The van der Waals surface area contributed by atoms with Crippen LogP contribution in [0.5, 0.6) is 0 Å². The molecule has 1 atom stereocenters. The molecule has 88 valence electrons. The first-order valence-electron chi connectivity index (χ1n) is 4.65. The first-order chi connectivity index (χ1) is 7.45. The molecule has 0 aromatic heterocycles. The molecule has 1 aromatic rings. The van der Waals surface area contributed by atoms with Crippen molar-refractivity contribution in [2.75, 3.05) is 12.9 Å². The van der Waals surface area contributed by atoms with Crippen LogP contribution in [0.4, 0.5) is 4.39 Å². The number of rotatable bonds is 4. The van der Waals surface area contributed by atoms with E-state index in [-0.39, 0.29) is 11.6 Å². The summed E-state index contributed by atoms with van der Waals surface area (Å²) in [5.74, 6) is -0.836. The first kappa shape index (κ1) is 13.0. The Balaban J connectivity index is 2.57. The lowest BCUT2D eigenvalue weighted by molar-refractivity contribution is -0.158. The third-order valence-corrected chi connectivity index (χ3v) is 3.27. The van der Waals surface area contributed by atoms with Crippen LogP contribution < -0.4 is 0 Å². The maximum Gasteiger partial charge on any atom is 0.338 e. The van der Waals surface area contributed by atoms with Crippen molar-refractivity contribution < 1.29 is 19.0 Å². The SMILES string of the molecule is COC(=O)C(C)(O)CSc1ccc(F)cc1. The average molecular weight is 244 g/mol. The molecule has 16 heavy (non-hydrogen) atoms. The normalized spacial score (nSPS) is 14.2. The van der Waals surface area contributed by atoms with Crippen molar-refractivity contribution in [3.63, 3.8) is 0 Å². The van der Waals surface area contributed by atoms with E-state index in [0.717, 1.165) is 4.90 Å². The van der Waals surface area contributed by atoms with Gasteiger partial charge < -0.3 is 9.84 Å². The van der Waals surface area contributed by atoms with Crippen LogP contribution in [0.1, 0.15) is 6.92 Å². The lowest BCUT2D eigenvalue weighted by atomic mass is 10.1. The molecule has 1 unspecified atom stereocenters. The Kier molecular flexibility index (Phi) is 4.32. The predicted octanol–water partition coefficient (Wildman–Crippen LogP) is 1.84. The maximum absolute atomic E-state index is 12.6. The summed E-state index contributed by atoms with van der Waals surface area (Å²) in [6.07, 6.45) is 0. The van der Waals surface area contributed by atoms with Crippen LogP contribution in [0, 0.1) is 5.82 Å². The molecule has 1 rings (SSSR count). The summed E-state index contributed by atoms with van der Waals surface area (Å²) in [6, 6.07) is 5.84. The molecule has 3 nitrogen and oxygen atoms in total. The zero-order valence-corrected chi connectivity index (χ0v) is 9.88. The van der Waals surface area contributed by atoms with Crippen molar-refractivity contribution in [3.05, 3.63) is 30.1 Å². The monoisotopic (exact) mass is 244 g/mol. The number of aliphatic hydroxyl groups is 1. The van der Waals surface area contributed by atoms with Gasteiger partial charge in [0.15, 0.2) is 5.60 Å². The summed E-state index contributed by atoms with van der Waals surface area (Å²) in [6.45, 7) is 1.38. The minimum atomic E-state index is -1.53. The quantitative estimate of drug-likeness (QED) is 0.648. The Morgan fingerprint density at radius 3 is 2.56 bits per heavy atom. The molecular weight excluding hydrogens is 231 g/mol. The second kappa shape index (κ2) is 5.32. The molecule has 0 radical (unpaired) electrons. The van der Waals surface area contributed by atoms with E-state index in [1.165, 1.54) is 37.9 Å². The molecule has 0 spiro atoms. The summed E-state index contributed by atoms with van der Waals surface area (Å²) >= 11 is 1.26. The summed E-state index contributed by atoms with van der Waals surface area (Å²) in [7, 11) is 1.22. The highest BCUT2D eigenvalue weighted by atomic mass is 32.2. The molecule has 0 heterocycles. The number of hydrogen-bond donors (Lipinski definition) is 1. The van der Waals surface area contributed by atoms with Gasteiger partial charge in [0.2, 0.25) is 0 Å². The number of esters is 1. The Hall–Kier alpha value is -1.07. The van der Waals surface area contributed by atoms with Crippen molar-refractivity contribution >= 4 is 17.7 Å². The standard InChI is InChI=1S/C11H13FO3S/c1-11(14,10(13)15-2)7-16-9-5-3-8(12)4-6-9/h3-6,14H,7H2,1-2H3. The van der Waals surface area contributed by atoms with Crippen molar-refractivity contribution in [3.8, 4) is 0 Å². The van der Waals surface area contributed by atoms with E-state index in [1.54, 1.807) is 12.1 Å². The predicted molar refractivity (Wildman–Crippen MR) is 59.8 cm³/mol. The number of benzene rings is 1. The topological polar surface area (TPSA) is 46.5 Å². The molecule has 0 aliphatic carbocycles. The largest absolute Gasteiger partial charge is 0.467 e. The van der Waals surface area contributed by atoms with Crippen molar-refractivity contribution in [1.82, 2.24) is 0 Å². The fraction of sp³-hybridized carbons (Fsp3) is 0.364. The van der Waals surface area contributed by atoms with Gasteiger partial charge in [-0.2, -0.15) is 0 Å². The molecule has 1 aromatic carbocycles. The van der Waals surface area contributed by atoms with Crippen LogP contribution in [-0.2, 0) is 9.53 Å². The molecule has 0 bridgehead atoms. The fourth-order valence-electron chi connectivity index (χ4n) is 1.03. The number of methoxy groups -OCH3 is 1. The molecule has 0 aliphatic rings. The molecule has 1 N–H and O–H groups in total. The molecule has 5 heteroatoms. The summed E-state index contributed by atoms with van der Waals surface area (Å²) < 4.78 is 17.1. The van der Waals surface area contributed by atoms with Crippen LogP contribution >= 0.6 is 11.8 Å². The number of thioether (sulfide) groups is 1. The number of ether oxygens (including phenoxy) is 1. The van der Waals surface area contributed by atoms with Gasteiger partial charge in [-0.05, 0) is 31.2 Å². The number of hydrogen-bond acceptors (Lipinski definition) is 4. The molecule has 0 amide bonds. The Morgan fingerprint density at radius 2 is 2.06 bits per heavy atom. The Morgan fingerprint density at radius 1 is 1.50 bits per heavy atom. The second-order valence-electron chi connectivity index (χ2n) is 3.51. The summed E-state index contributed by atoms with van der Waals surface area (Å²) in [5, 5.41) is 9.73. The maximum atomic E-state index is 12.6. The van der Waals surface area contributed by atoms with Gasteiger partial charge in [-0.25, -0.2) is 9.18 Å². The van der Waals surface area contributed by atoms with Crippen LogP contribution in [-0.4, -0.2) is 29.5 Å². The van der Waals surface area contributed by atoms with E-state index >= 15 is 0 Å². The van der Waals surface area contributed by atoms with Gasteiger partial charge >= 0.3 is 5.97 Å².